The van der Waals surface area contributed by atoms with Gasteiger partial charge in [0.15, 0.2) is 0 Å². The molecule has 1 saturated carbocycles. The van der Waals surface area contributed by atoms with E-state index in [0.29, 0.717) is 6.54 Å². The number of hydrogen-bond donors (Lipinski definition) is 1. The summed E-state index contributed by atoms with van der Waals surface area (Å²) >= 11 is 0. The highest BCUT2D eigenvalue weighted by Gasteiger charge is 2.33. The van der Waals surface area contributed by atoms with Gasteiger partial charge < -0.3 is 10.2 Å². The van der Waals surface area contributed by atoms with Crippen molar-refractivity contribution < 1.29 is 4.92 Å². The van der Waals surface area contributed by atoms with Gasteiger partial charge in [-0.25, -0.2) is 0 Å². The number of nitrogens with one attached hydrogen (secondary N) is 1. The number of nitro groups is 1. The van der Waals surface area contributed by atoms with Gasteiger partial charge in [-0.2, -0.15) is 0 Å². The lowest BCUT2D eigenvalue weighted by Crippen LogP contribution is -2.27. The van der Waals surface area contributed by atoms with Crippen molar-refractivity contribution in [2.75, 3.05) is 19.6 Å². The zero-order chi connectivity index (χ0) is 13.9. The summed E-state index contributed by atoms with van der Waals surface area (Å²) in [6.07, 6.45) is 4.04. The second-order valence-electron chi connectivity index (χ2n) is 5.94. The van der Waals surface area contributed by atoms with Crippen molar-refractivity contribution in [2.45, 2.75) is 31.8 Å². The zero-order valence-corrected chi connectivity index (χ0v) is 11.6. The molecule has 1 heterocycles. The van der Waals surface area contributed by atoms with Crippen LogP contribution in [0.5, 0.6) is 0 Å². The SMILES string of the molecule is O=[N+]([O-])c1cccc(CNCC2CCN(C3CC3)C2)c1. The Morgan fingerprint density at radius 1 is 1.35 bits per heavy atom. The van der Waals surface area contributed by atoms with E-state index in [2.05, 4.69) is 10.2 Å². The molecule has 0 aromatic heterocycles. The first-order valence-electron chi connectivity index (χ1n) is 7.40. The number of nitrogens with zero attached hydrogens (tertiary/aromatic N) is 2. The second-order valence-corrected chi connectivity index (χ2v) is 5.94. The molecule has 5 heteroatoms. The predicted molar refractivity (Wildman–Crippen MR) is 77.5 cm³/mol. The number of nitro benzene ring substituents is 1. The van der Waals surface area contributed by atoms with E-state index in [4.69, 9.17) is 0 Å². The van der Waals surface area contributed by atoms with Crippen molar-refractivity contribution >= 4 is 5.69 Å². The van der Waals surface area contributed by atoms with Crippen LogP contribution in [0.2, 0.25) is 0 Å². The van der Waals surface area contributed by atoms with Crippen molar-refractivity contribution in [1.82, 2.24) is 10.2 Å². The number of hydrogen-bond acceptors (Lipinski definition) is 4. The topological polar surface area (TPSA) is 58.4 Å². The van der Waals surface area contributed by atoms with Crippen LogP contribution < -0.4 is 5.32 Å². The molecule has 0 bridgehead atoms. The third-order valence-electron chi connectivity index (χ3n) is 4.26. The maximum absolute atomic E-state index is 10.7. The van der Waals surface area contributed by atoms with E-state index in [9.17, 15) is 10.1 Å². The van der Waals surface area contributed by atoms with E-state index in [1.807, 2.05) is 6.07 Å². The Hall–Kier alpha value is -1.46. The van der Waals surface area contributed by atoms with E-state index in [0.717, 1.165) is 24.1 Å². The van der Waals surface area contributed by atoms with E-state index < -0.39 is 0 Å². The van der Waals surface area contributed by atoms with Gasteiger partial charge in [-0.15, -0.1) is 0 Å². The van der Waals surface area contributed by atoms with Crippen molar-refractivity contribution in [3.8, 4) is 0 Å². The fraction of sp³-hybridized carbons (Fsp3) is 0.600. The number of non-ortho nitro benzene ring substituents is 1. The molecule has 1 aromatic carbocycles. The molecule has 20 heavy (non-hydrogen) atoms. The predicted octanol–water partition coefficient (Wildman–Crippen LogP) is 2.17. The average molecular weight is 275 g/mol. The summed E-state index contributed by atoms with van der Waals surface area (Å²) in [6, 6.07) is 7.74. The Morgan fingerprint density at radius 3 is 2.95 bits per heavy atom. The maximum Gasteiger partial charge on any atom is 0.269 e. The van der Waals surface area contributed by atoms with Gasteiger partial charge in [-0.05, 0) is 43.8 Å². The highest BCUT2D eigenvalue weighted by Crippen LogP contribution is 2.31. The number of rotatable bonds is 6. The van der Waals surface area contributed by atoms with Crippen LogP contribution in [0.15, 0.2) is 24.3 Å². The van der Waals surface area contributed by atoms with Crippen molar-refractivity contribution in [1.29, 1.82) is 0 Å². The summed E-state index contributed by atoms with van der Waals surface area (Å²) in [4.78, 5) is 13.0. The first-order chi connectivity index (χ1) is 9.72. The molecule has 5 nitrogen and oxygen atoms in total. The van der Waals surface area contributed by atoms with Gasteiger partial charge in [-0.3, -0.25) is 10.1 Å². The summed E-state index contributed by atoms with van der Waals surface area (Å²) in [5.74, 6) is 0.731. The van der Waals surface area contributed by atoms with E-state index >= 15 is 0 Å². The normalized spacial score (nSPS) is 23.1. The lowest BCUT2D eigenvalue weighted by Gasteiger charge is -2.15. The van der Waals surface area contributed by atoms with Crippen LogP contribution in [0.25, 0.3) is 0 Å². The molecule has 0 amide bonds. The molecule has 1 N–H and O–H groups in total. The molecule has 1 unspecified atom stereocenters. The molecule has 2 aliphatic rings. The first-order valence-corrected chi connectivity index (χ1v) is 7.40. The molecular weight excluding hydrogens is 254 g/mol. The lowest BCUT2D eigenvalue weighted by atomic mass is 10.1. The van der Waals surface area contributed by atoms with Crippen LogP contribution in [0.4, 0.5) is 5.69 Å². The van der Waals surface area contributed by atoms with Gasteiger partial charge in [0.05, 0.1) is 4.92 Å². The molecule has 1 atom stereocenters. The second kappa shape index (κ2) is 5.89. The summed E-state index contributed by atoms with van der Waals surface area (Å²) < 4.78 is 0. The van der Waals surface area contributed by atoms with Gasteiger partial charge in [0.1, 0.15) is 0 Å². The Bertz CT molecular complexity index is 488. The molecule has 3 rings (SSSR count). The number of benzene rings is 1. The first kappa shape index (κ1) is 13.5. The number of likely N-dealkylation sites (tertiary alicyclic amines) is 1. The van der Waals surface area contributed by atoms with Crippen LogP contribution in [-0.2, 0) is 6.54 Å². The third kappa shape index (κ3) is 3.35. The minimum atomic E-state index is -0.339. The van der Waals surface area contributed by atoms with Crippen LogP contribution in [0.1, 0.15) is 24.8 Å². The van der Waals surface area contributed by atoms with Gasteiger partial charge in [0, 0.05) is 31.3 Å². The summed E-state index contributed by atoms with van der Waals surface area (Å²) in [5, 5.41) is 14.2. The summed E-state index contributed by atoms with van der Waals surface area (Å²) in [5.41, 5.74) is 1.15. The Kier molecular flexibility index (Phi) is 3.98. The third-order valence-corrected chi connectivity index (χ3v) is 4.26. The van der Waals surface area contributed by atoms with Crippen LogP contribution >= 0.6 is 0 Å². The van der Waals surface area contributed by atoms with Crippen LogP contribution in [0.3, 0.4) is 0 Å². The minimum absolute atomic E-state index is 0.171. The highest BCUT2D eigenvalue weighted by atomic mass is 16.6. The lowest BCUT2D eigenvalue weighted by molar-refractivity contribution is -0.384. The van der Waals surface area contributed by atoms with Crippen LogP contribution in [0, 0.1) is 16.0 Å². The van der Waals surface area contributed by atoms with Gasteiger partial charge in [0.2, 0.25) is 0 Å². The Labute approximate surface area is 119 Å². The zero-order valence-electron chi connectivity index (χ0n) is 11.6. The standard InChI is InChI=1S/C15H21N3O2/c19-18(20)15-3-1-2-12(8-15)9-16-10-13-6-7-17(11-13)14-4-5-14/h1-3,8,13-14,16H,4-7,9-11H2. The molecule has 1 aliphatic heterocycles. The van der Waals surface area contributed by atoms with E-state index in [1.165, 1.54) is 38.4 Å². The average Bonchev–Trinajstić information content (AvgIpc) is 3.19. The molecular formula is C15H21N3O2. The Balaban J connectivity index is 1.43. The van der Waals surface area contributed by atoms with E-state index in [-0.39, 0.29) is 10.6 Å². The quantitative estimate of drug-likeness (QED) is 0.638. The van der Waals surface area contributed by atoms with Crippen molar-refractivity contribution in [3.63, 3.8) is 0 Å². The molecule has 0 radical (unpaired) electrons. The highest BCUT2D eigenvalue weighted by molar-refractivity contribution is 5.34. The van der Waals surface area contributed by atoms with Crippen molar-refractivity contribution in [3.05, 3.63) is 39.9 Å². The smallest absolute Gasteiger partial charge is 0.269 e. The molecule has 2 fully saturated rings. The summed E-state index contributed by atoms with van der Waals surface area (Å²) in [7, 11) is 0. The van der Waals surface area contributed by atoms with Gasteiger partial charge in [-0.1, -0.05) is 12.1 Å². The molecule has 1 saturated heterocycles. The van der Waals surface area contributed by atoms with Crippen LogP contribution in [-0.4, -0.2) is 35.5 Å². The molecule has 0 spiro atoms. The fourth-order valence-corrected chi connectivity index (χ4v) is 3.00. The monoisotopic (exact) mass is 275 g/mol. The van der Waals surface area contributed by atoms with Crippen molar-refractivity contribution in [2.24, 2.45) is 5.92 Å². The molecule has 1 aromatic rings. The molecule has 1 aliphatic carbocycles. The minimum Gasteiger partial charge on any atom is -0.312 e. The Morgan fingerprint density at radius 2 is 2.20 bits per heavy atom. The van der Waals surface area contributed by atoms with Gasteiger partial charge in [0.25, 0.3) is 5.69 Å². The largest absolute Gasteiger partial charge is 0.312 e. The molecule has 108 valence electrons. The van der Waals surface area contributed by atoms with Gasteiger partial charge >= 0.3 is 0 Å². The van der Waals surface area contributed by atoms with E-state index in [1.54, 1.807) is 12.1 Å². The fourth-order valence-electron chi connectivity index (χ4n) is 3.00. The summed E-state index contributed by atoms with van der Waals surface area (Å²) in [6.45, 7) is 4.17. The maximum atomic E-state index is 10.7.